The van der Waals surface area contributed by atoms with Gasteiger partial charge < -0.3 is 25.0 Å². The first-order chi connectivity index (χ1) is 24.2. The van der Waals surface area contributed by atoms with Gasteiger partial charge in [0, 0.05) is 36.6 Å². The summed E-state index contributed by atoms with van der Waals surface area (Å²) in [6, 6.07) is 18.0. The number of fused-ring (bicyclic) bond motifs is 1. The fourth-order valence-electron chi connectivity index (χ4n) is 6.37. The summed E-state index contributed by atoms with van der Waals surface area (Å²) in [5.74, 6) is -1.05. The molecular weight excluding hydrogens is 637 g/mol. The molecule has 1 aliphatic rings. The molecular formula is C39H46FN5O5. The van der Waals surface area contributed by atoms with E-state index in [1.807, 2.05) is 36.1 Å². The van der Waals surface area contributed by atoms with Crippen molar-refractivity contribution < 1.29 is 28.6 Å². The number of ether oxygens (including phenoxy) is 1. The zero-order valence-corrected chi connectivity index (χ0v) is 29.2. The number of nitrogens with zero attached hydrogens (tertiary/aromatic N) is 4. The Labute approximate surface area is 292 Å². The maximum Gasteiger partial charge on any atom is 0.274 e. The van der Waals surface area contributed by atoms with Crippen LogP contribution in [0.3, 0.4) is 0 Å². The fraction of sp³-hybridized carbons (Fsp3) is 0.385. The van der Waals surface area contributed by atoms with E-state index in [0.717, 1.165) is 36.8 Å². The van der Waals surface area contributed by atoms with Crippen molar-refractivity contribution in [1.82, 2.24) is 19.6 Å². The van der Waals surface area contributed by atoms with Gasteiger partial charge in [-0.3, -0.25) is 14.4 Å². The van der Waals surface area contributed by atoms with E-state index in [4.69, 9.17) is 9.84 Å². The van der Waals surface area contributed by atoms with Crippen molar-refractivity contribution in [2.45, 2.75) is 71.9 Å². The Hall–Kier alpha value is -5.03. The molecule has 5 rings (SSSR count). The van der Waals surface area contributed by atoms with Crippen LogP contribution in [0, 0.1) is 12.7 Å². The summed E-state index contributed by atoms with van der Waals surface area (Å²) < 4.78 is 20.9. The number of halogens is 1. The standard InChI is InChI=1S/C39H46FN5O5/c1-5-7-17-43(18-8-6-2)39(49)34-19-26(3)45(42-34)35-15-14-31(41-37(47)22-29-20-30(40)13-16-36(29)50-4)23-33(35)38(48)44-24-28-12-10-9-11-27(28)21-32(44)25-46/h9-16,19-20,23,32,46H,5-8,17-18,21-22,24-25H2,1-4H3,(H,41,47)/t32-/m0/s1. The first-order valence-electron chi connectivity index (χ1n) is 17.3. The SMILES string of the molecule is CCCCN(CCCC)C(=O)c1cc(C)n(-c2ccc(NC(=O)Cc3cc(F)ccc3OC)cc2C(=O)N2Cc3ccccc3C[C@H]2CO)n1. The number of amides is 3. The van der Waals surface area contributed by atoms with Crippen molar-refractivity contribution in [3.63, 3.8) is 0 Å². The molecule has 2 N–H and O–H groups in total. The maximum absolute atomic E-state index is 14.5. The third-order valence-electron chi connectivity index (χ3n) is 9.12. The highest BCUT2D eigenvalue weighted by molar-refractivity contribution is 6.01. The minimum atomic E-state index is -0.487. The lowest BCUT2D eigenvalue weighted by atomic mass is 9.93. The molecule has 10 nitrogen and oxygen atoms in total. The van der Waals surface area contributed by atoms with Crippen molar-refractivity contribution in [2.24, 2.45) is 0 Å². The molecule has 0 fully saturated rings. The summed E-state index contributed by atoms with van der Waals surface area (Å²) in [4.78, 5) is 44.9. The Morgan fingerprint density at radius 3 is 2.40 bits per heavy atom. The molecule has 1 aliphatic heterocycles. The first-order valence-corrected chi connectivity index (χ1v) is 17.3. The Kier molecular flexibility index (Phi) is 12.0. The van der Waals surface area contributed by atoms with Crippen LogP contribution in [0.25, 0.3) is 5.69 Å². The van der Waals surface area contributed by atoms with Crippen LogP contribution in [0.2, 0.25) is 0 Å². The summed E-state index contributed by atoms with van der Waals surface area (Å²) >= 11 is 0. The number of anilines is 1. The Balaban J connectivity index is 1.52. The topological polar surface area (TPSA) is 117 Å². The first kappa shape index (κ1) is 36.3. The molecule has 264 valence electrons. The van der Waals surface area contributed by atoms with Crippen LogP contribution in [0.5, 0.6) is 5.75 Å². The zero-order valence-electron chi connectivity index (χ0n) is 29.2. The average Bonchev–Trinajstić information content (AvgIpc) is 3.51. The Bertz CT molecular complexity index is 1830. The van der Waals surface area contributed by atoms with E-state index in [1.165, 1.54) is 25.3 Å². The lowest BCUT2D eigenvalue weighted by Crippen LogP contribution is -2.46. The molecule has 3 amide bonds. The maximum atomic E-state index is 14.5. The van der Waals surface area contributed by atoms with Crippen LogP contribution < -0.4 is 10.1 Å². The van der Waals surface area contributed by atoms with Crippen LogP contribution in [0.4, 0.5) is 10.1 Å². The van der Waals surface area contributed by atoms with Gasteiger partial charge in [-0.1, -0.05) is 51.0 Å². The average molecular weight is 684 g/mol. The molecule has 0 spiro atoms. The smallest absolute Gasteiger partial charge is 0.274 e. The number of methoxy groups -OCH3 is 1. The summed E-state index contributed by atoms with van der Waals surface area (Å²) in [6.07, 6.45) is 4.03. The van der Waals surface area contributed by atoms with Crippen molar-refractivity contribution in [2.75, 3.05) is 32.1 Å². The molecule has 1 atom stereocenters. The normalized spacial score (nSPS) is 13.9. The molecule has 3 aromatic carbocycles. The monoisotopic (exact) mass is 683 g/mol. The van der Waals surface area contributed by atoms with Gasteiger partial charge in [-0.25, -0.2) is 9.07 Å². The number of aliphatic hydroxyl groups is 1. The highest BCUT2D eigenvalue weighted by Crippen LogP contribution is 2.29. The number of carbonyl (C=O) groups is 3. The van der Waals surface area contributed by atoms with Crippen molar-refractivity contribution in [3.05, 3.63) is 106 Å². The number of benzene rings is 3. The van der Waals surface area contributed by atoms with Crippen LogP contribution in [-0.2, 0) is 24.2 Å². The third kappa shape index (κ3) is 8.22. The Morgan fingerprint density at radius 2 is 1.72 bits per heavy atom. The molecule has 0 bridgehead atoms. The molecule has 4 aromatic rings. The predicted octanol–water partition coefficient (Wildman–Crippen LogP) is 6.11. The summed E-state index contributed by atoms with van der Waals surface area (Å²) in [7, 11) is 1.45. The molecule has 0 saturated carbocycles. The minimum Gasteiger partial charge on any atom is -0.496 e. The van der Waals surface area contributed by atoms with Gasteiger partial charge in [-0.2, -0.15) is 5.10 Å². The summed E-state index contributed by atoms with van der Waals surface area (Å²) in [5.41, 5.74) is 4.41. The van der Waals surface area contributed by atoms with Gasteiger partial charge in [0.2, 0.25) is 5.91 Å². The number of hydrogen-bond acceptors (Lipinski definition) is 6. The van der Waals surface area contributed by atoms with Gasteiger partial charge in [0.15, 0.2) is 5.69 Å². The number of unbranched alkanes of at least 4 members (excludes halogenated alkanes) is 2. The molecule has 11 heteroatoms. The van der Waals surface area contributed by atoms with Crippen molar-refractivity contribution >= 4 is 23.4 Å². The second-order valence-corrected chi connectivity index (χ2v) is 12.7. The van der Waals surface area contributed by atoms with Crippen LogP contribution in [-0.4, -0.2) is 75.3 Å². The van der Waals surface area contributed by atoms with Gasteiger partial charge in [-0.05, 0) is 79.8 Å². The molecule has 0 aliphatic carbocycles. The van der Waals surface area contributed by atoms with E-state index in [2.05, 4.69) is 19.2 Å². The van der Waals surface area contributed by atoms with Gasteiger partial charge in [0.05, 0.1) is 37.4 Å². The Morgan fingerprint density at radius 1 is 1.00 bits per heavy atom. The van der Waals surface area contributed by atoms with E-state index in [0.29, 0.717) is 54.4 Å². The third-order valence-corrected chi connectivity index (χ3v) is 9.12. The van der Waals surface area contributed by atoms with E-state index in [-0.39, 0.29) is 36.1 Å². The highest BCUT2D eigenvalue weighted by atomic mass is 19.1. The number of aliphatic hydroxyl groups excluding tert-OH is 1. The number of aryl methyl sites for hydroxylation is 1. The lowest BCUT2D eigenvalue weighted by molar-refractivity contribution is -0.115. The van der Waals surface area contributed by atoms with Gasteiger partial charge in [-0.15, -0.1) is 0 Å². The number of hydrogen-bond donors (Lipinski definition) is 2. The summed E-state index contributed by atoms with van der Waals surface area (Å²) in [6.45, 7) is 7.35. The molecule has 0 unspecified atom stereocenters. The molecule has 0 radical (unpaired) electrons. The fourth-order valence-corrected chi connectivity index (χ4v) is 6.37. The summed E-state index contributed by atoms with van der Waals surface area (Å²) in [5, 5.41) is 17.9. The number of nitrogens with one attached hydrogen (secondary N) is 1. The largest absolute Gasteiger partial charge is 0.496 e. The quantitative estimate of drug-likeness (QED) is 0.166. The second-order valence-electron chi connectivity index (χ2n) is 12.7. The molecule has 50 heavy (non-hydrogen) atoms. The second kappa shape index (κ2) is 16.6. The number of carbonyl (C=O) groups excluding carboxylic acids is 3. The van der Waals surface area contributed by atoms with E-state index in [9.17, 15) is 23.9 Å². The van der Waals surface area contributed by atoms with Gasteiger partial charge in [0.1, 0.15) is 11.6 Å². The molecule has 2 heterocycles. The number of aromatic nitrogens is 2. The van der Waals surface area contributed by atoms with Crippen LogP contribution in [0.1, 0.15) is 82.8 Å². The number of rotatable bonds is 14. The van der Waals surface area contributed by atoms with E-state index < -0.39 is 17.8 Å². The highest BCUT2D eigenvalue weighted by Gasteiger charge is 2.32. The van der Waals surface area contributed by atoms with E-state index >= 15 is 0 Å². The van der Waals surface area contributed by atoms with Crippen LogP contribution >= 0.6 is 0 Å². The minimum absolute atomic E-state index is 0.155. The molecule has 0 saturated heterocycles. The van der Waals surface area contributed by atoms with Crippen molar-refractivity contribution in [3.8, 4) is 11.4 Å². The molecule has 1 aromatic heterocycles. The van der Waals surface area contributed by atoms with Crippen molar-refractivity contribution in [1.29, 1.82) is 0 Å². The lowest BCUT2D eigenvalue weighted by Gasteiger charge is -2.36. The predicted molar refractivity (Wildman–Crippen MR) is 190 cm³/mol. The van der Waals surface area contributed by atoms with Gasteiger partial charge in [0.25, 0.3) is 11.8 Å². The van der Waals surface area contributed by atoms with E-state index in [1.54, 1.807) is 33.8 Å². The van der Waals surface area contributed by atoms with Crippen LogP contribution in [0.15, 0.2) is 66.7 Å². The zero-order chi connectivity index (χ0) is 35.8. The van der Waals surface area contributed by atoms with Gasteiger partial charge >= 0.3 is 0 Å².